The number of likely N-dealkylation sites (tertiary alicyclic amines) is 2. The van der Waals surface area contributed by atoms with Gasteiger partial charge < -0.3 is 15.0 Å². The van der Waals surface area contributed by atoms with Gasteiger partial charge in [-0.2, -0.15) is 0 Å². The van der Waals surface area contributed by atoms with Crippen molar-refractivity contribution in [2.24, 2.45) is 16.8 Å². The van der Waals surface area contributed by atoms with Crippen molar-refractivity contribution in [1.29, 1.82) is 0 Å². The minimum Gasteiger partial charge on any atom is -0.384 e. The Labute approximate surface area is 178 Å². The molecule has 2 fully saturated rings. The number of halogens is 1. The molecule has 0 aromatic carbocycles. The number of nitrogens with one attached hydrogen (secondary N) is 1. The second-order valence-electron chi connectivity index (χ2n) is 8.01. The lowest BCUT2D eigenvalue weighted by atomic mass is 10.0. The van der Waals surface area contributed by atoms with Crippen LogP contribution < -0.4 is 5.32 Å². The minimum atomic E-state index is 0. The molecule has 2 unspecified atom stereocenters. The van der Waals surface area contributed by atoms with Gasteiger partial charge in [0.05, 0.1) is 13.2 Å². The second-order valence-corrected chi connectivity index (χ2v) is 8.01. The van der Waals surface area contributed by atoms with Gasteiger partial charge in [-0.25, -0.2) is 0 Å². The van der Waals surface area contributed by atoms with Gasteiger partial charge in [-0.15, -0.1) is 24.0 Å². The number of guanidine groups is 1. The molecule has 2 aliphatic heterocycles. The zero-order valence-electron chi connectivity index (χ0n) is 17.4. The Morgan fingerprint density at radius 3 is 2.42 bits per heavy atom. The molecule has 26 heavy (non-hydrogen) atoms. The maximum Gasteiger partial charge on any atom is 0.193 e. The van der Waals surface area contributed by atoms with Gasteiger partial charge in [0.15, 0.2) is 5.96 Å². The van der Waals surface area contributed by atoms with Gasteiger partial charge in [0.2, 0.25) is 0 Å². The number of ether oxygens (including phenoxy) is 1. The Kier molecular flexibility index (Phi) is 12.1. The van der Waals surface area contributed by atoms with Gasteiger partial charge in [0.1, 0.15) is 0 Å². The first-order valence-electron chi connectivity index (χ1n) is 10.4. The third-order valence-electron chi connectivity index (χ3n) is 5.63. The van der Waals surface area contributed by atoms with E-state index in [1.54, 1.807) is 7.11 Å². The Bertz CT molecular complexity index is 397. The average Bonchev–Trinajstić information content (AvgIpc) is 2.88. The summed E-state index contributed by atoms with van der Waals surface area (Å²) in [6.45, 7) is 14.2. The highest BCUT2D eigenvalue weighted by atomic mass is 127. The molecule has 5 nitrogen and oxygen atoms in total. The van der Waals surface area contributed by atoms with Gasteiger partial charge in [0.25, 0.3) is 0 Å². The SMILES string of the molecule is CCNC(=NCC(C(C)C)N1CCCCCC1)N1CCC(COC)C1.I. The van der Waals surface area contributed by atoms with E-state index in [0.717, 1.165) is 38.7 Å². The van der Waals surface area contributed by atoms with E-state index in [4.69, 9.17) is 9.73 Å². The molecule has 2 heterocycles. The van der Waals surface area contributed by atoms with E-state index in [-0.39, 0.29) is 24.0 Å². The lowest BCUT2D eigenvalue weighted by molar-refractivity contribution is 0.157. The summed E-state index contributed by atoms with van der Waals surface area (Å²) in [7, 11) is 1.80. The zero-order chi connectivity index (χ0) is 18.1. The maximum absolute atomic E-state index is 5.34. The van der Waals surface area contributed by atoms with Crippen LogP contribution in [-0.4, -0.2) is 74.8 Å². The summed E-state index contributed by atoms with van der Waals surface area (Å²) in [6, 6.07) is 0.559. The van der Waals surface area contributed by atoms with Gasteiger partial charge in [-0.3, -0.25) is 9.89 Å². The van der Waals surface area contributed by atoms with Gasteiger partial charge >= 0.3 is 0 Å². The third kappa shape index (κ3) is 7.50. The first-order chi connectivity index (χ1) is 12.2. The van der Waals surface area contributed by atoms with Crippen LogP contribution in [0.3, 0.4) is 0 Å². The molecule has 0 aromatic rings. The molecule has 0 aliphatic carbocycles. The van der Waals surface area contributed by atoms with E-state index < -0.39 is 0 Å². The molecule has 0 aromatic heterocycles. The van der Waals surface area contributed by atoms with Crippen LogP contribution in [0, 0.1) is 11.8 Å². The molecule has 1 N–H and O–H groups in total. The molecule has 0 bridgehead atoms. The highest BCUT2D eigenvalue weighted by molar-refractivity contribution is 14.0. The van der Waals surface area contributed by atoms with Crippen LogP contribution in [0.4, 0.5) is 0 Å². The molecule has 0 spiro atoms. The van der Waals surface area contributed by atoms with Crippen molar-refractivity contribution in [3.8, 4) is 0 Å². The van der Waals surface area contributed by atoms with Crippen LogP contribution in [0.2, 0.25) is 0 Å². The Morgan fingerprint density at radius 2 is 1.85 bits per heavy atom. The predicted octanol–water partition coefficient (Wildman–Crippen LogP) is 3.44. The Balaban J connectivity index is 0.00000338. The molecule has 0 amide bonds. The maximum atomic E-state index is 5.34. The molecular formula is C20H41IN4O. The highest BCUT2D eigenvalue weighted by Gasteiger charge is 2.26. The number of rotatable bonds is 7. The quantitative estimate of drug-likeness (QED) is 0.344. The predicted molar refractivity (Wildman–Crippen MR) is 122 cm³/mol. The number of nitrogens with zero attached hydrogens (tertiary/aromatic N) is 3. The van der Waals surface area contributed by atoms with E-state index in [1.807, 2.05) is 0 Å². The molecule has 2 aliphatic rings. The van der Waals surface area contributed by atoms with Crippen molar-refractivity contribution >= 4 is 29.9 Å². The number of hydrogen-bond donors (Lipinski definition) is 1. The topological polar surface area (TPSA) is 40.1 Å². The van der Waals surface area contributed by atoms with Gasteiger partial charge in [-0.1, -0.05) is 26.7 Å². The summed E-state index contributed by atoms with van der Waals surface area (Å²) < 4.78 is 5.34. The van der Waals surface area contributed by atoms with Crippen LogP contribution in [-0.2, 0) is 4.74 Å². The van der Waals surface area contributed by atoms with Crippen molar-refractivity contribution in [2.75, 3.05) is 53.0 Å². The molecule has 0 saturated carbocycles. The van der Waals surface area contributed by atoms with Gasteiger partial charge in [-0.05, 0) is 45.2 Å². The van der Waals surface area contributed by atoms with Crippen LogP contribution in [0.15, 0.2) is 4.99 Å². The van der Waals surface area contributed by atoms with Crippen LogP contribution in [0.5, 0.6) is 0 Å². The normalized spacial score (nSPS) is 23.7. The summed E-state index contributed by atoms with van der Waals surface area (Å²) in [4.78, 5) is 10.2. The van der Waals surface area contributed by atoms with Crippen molar-refractivity contribution in [2.45, 2.75) is 58.9 Å². The first-order valence-corrected chi connectivity index (χ1v) is 10.4. The third-order valence-corrected chi connectivity index (χ3v) is 5.63. The molecule has 0 radical (unpaired) electrons. The summed E-state index contributed by atoms with van der Waals surface area (Å²) in [5.74, 6) is 2.38. The monoisotopic (exact) mass is 480 g/mol. The zero-order valence-corrected chi connectivity index (χ0v) is 19.7. The summed E-state index contributed by atoms with van der Waals surface area (Å²) in [6.07, 6.45) is 6.68. The fraction of sp³-hybridized carbons (Fsp3) is 0.950. The summed E-state index contributed by atoms with van der Waals surface area (Å²) >= 11 is 0. The van der Waals surface area contributed by atoms with Crippen molar-refractivity contribution in [1.82, 2.24) is 15.1 Å². The fourth-order valence-electron chi connectivity index (χ4n) is 4.18. The van der Waals surface area contributed by atoms with E-state index in [1.165, 1.54) is 45.2 Å². The molecular weight excluding hydrogens is 439 g/mol. The standard InChI is InChI=1S/C20H40N4O.HI/c1-5-21-20(24-13-10-18(15-24)16-25-4)22-14-19(17(2)3)23-11-8-6-7-9-12-23;/h17-19H,5-16H2,1-4H3,(H,21,22);1H. The van der Waals surface area contributed by atoms with Crippen LogP contribution in [0.25, 0.3) is 0 Å². The number of aliphatic imine (C=N–C) groups is 1. The second kappa shape index (κ2) is 13.2. The lowest BCUT2D eigenvalue weighted by Gasteiger charge is -2.33. The fourth-order valence-corrected chi connectivity index (χ4v) is 4.18. The summed E-state index contributed by atoms with van der Waals surface area (Å²) in [5.41, 5.74) is 0. The average molecular weight is 480 g/mol. The molecule has 2 atom stereocenters. The Morgan fingerprint density at radius 1 is 1.15 bits per heavy atom. The van der Waals surface area contributed by atoms with Gasteiger partial charge in [0, 0.05) is 38.7 Å². The smallest absolute Gasteiger partial charge is 0.193 e. The number of methoxy groups -OCH3 is 1. The molecule has 154 valence electrons. The molecule has 6 heteroatoms. The lowest BCUT2D eigenvalue weighted by Crippen LogP contribution is -2.44. The first kappa shape index (κ1) is 24.0. The summed E-state index contributed by atoms with van der Waals surface area (Å²) in [5, 5.41) is 3.51. The van der Waals surface area contributed by atoms with Crippen molar-refractivity contribution in [3.63, 3.8) is 0 Å². The van der Waals surface area contributed by atoms with Crippen molar-refractivity contribution < 1.29 is 4.74 Å². The van der Waals surface area contributed by atoms with Crippen molar-refractivity contribution in [3.05, 3.63) is 0 Å². The largest absolute Gasteiger partial charge is 0.384 e. The van der Waals surface area contributed by atoms with Crippen LogP contribution >= 0.6 is 24.0 Å². The van der Waals surface area contributed by atoms with E-state index >= 15 is 0 Å². The van der Waals surface area contributed by atoms with E-state index in [0.29, 0.717) is 17.9 Å². The van der Waals surface area contributed by atoms with E-state index in [2.05, 4.69) is 35.9 Å². The van der Waals surface area contributed by atoms with Crippen LogP contribution in [0.1, 0.15) is 52.9 Å². The van der Waals surface area contributed by atoms with E-state index in [9.17, 15) is 0 Å². The highest BCUT2D eigenvalue weighted by Crippen LogP contribution is 2.19. The number of hydrogen-bond acceptors (Lipinski definition) is 3. The molecule has 2 rings (SSSR count). The minimum absolute atomic E-state index is 0. The Hall–Kier alpha value is -0.0800. The molecule has 2 saturated heterocycles.